The SMILES string of the molecule is Cc1sc2nc(SCCC(N)=S)[nH]c(=O)c2c1C. The zero-order valence-corrected chi connectivity index (χ0v) is 12.5. The first-order chi connectivity index (χ1) is 8.49. The van der Waals surface area contributed by atoms with Crippen molar-refractivity contribution in [3.05, 3.63) is 20.8 Å². The molecule has 2 aromatic heterocycles. The van der Waals surface area contributed by atoms with Gasteiger partial charge in [-0.2, -0.15) is 0 Å². The Hall–Kier alpha value is -0.920. The number of hydrogen-bond donors (Lipinski definition) is 2. The fourth-order valence-corrected chi connectivity index (χ4v) is 3.71. The average Bonchev–Trinajstić information content (AvgIpc) is 2.54. The van der Waals surface area contributed by atoms with Crippen LogP contribution >= 0.6 is 35.3 Å². The van der Waals surface area contributed by atoms with E-state index in [2.05, 4.69) is 9.97 Å². The number of aryl methyl sites for hydroxylation is 2. The summed E-state index contributed by atoms with van der Waals surface area (Å²) in [6.07, 6.45) is 0.643. The Bertz CT molecular complexity index is 659. The molecule has 2 rings (SSSR count). The second kappa shape index (κ2) is 5.38. The largest absolute Gasteiger partial charge is 0.393 e. The maximum Gasteiger partial charge on any atom is 0.260 e. The van der Waals surface area contributed by atoms with Gasteiger partial charge in [-0.1, -0.05) is 24.0 Å². The second-order valence-corrected chi connectivity index (χ2v) is 6.71. The van der Waals surface area contributed by atoms with Gasteiger partial charge in [0.2, 0.25) is 0 Å². The fourth-order valence-electron chi connectivity index (χ4n) is 1.55. The average molecular weight is 299 g/mol. The van der Waals surface area contributed by atoms with Crippen LogP contribution in [0.2, 0.25) is 0 Å². The lowest BCUT2D eigenvalue weighted by atomic mass is 10.2. The molecule has 0 radical (unpaired) electrons. The Morgan fingerprint density at radius 1 is 1.56 bits per heavy atom. The molecule has 4 nitrogen and oxygen atoms in total. The first-order valence-corrected chi connectivity index (χ1v) is 7.61. The second-order valence-electron chi connectivity index (χ2n) is 3.90. The summed E-state index contributed by atoms with van der Waals surface area (Å²) < 4.78 is 0. The van der Waals surface area contributed by atoms with Crippen LogP contribution in [0.5, 0.6) is 0 Å². The van der Waals surface area contributed by atoms with Crippen LogP contribution in [0, 0.1) is 13.8 Å². The van der Waals surface area contributed by atoms with Crippen LogP contribution in [0.4, 0.5) is 0 Å². The number of aromatic nitrogens is 2. The molecule has 96 valence electrons. The molecule has 0 bridgehead atoms. The van der Waals surface area contributed by atoms with Gasteiger partial charge in [0.15, 0.2) is 5.16 Å². The highest BCUT2D eigenvalue weighted by Crippen LogP contribution is 2.27. The summed E-state index contributed by atoms with van der Waals surface area (Å²) in [6.45, 7) is 3.95. The molecule has 0 aromatic carbocycles. The molecule has 0 saturated heterocycles. The van der Waals surface area contributed by atoms with Gasteiger partial charge in [-0.3, -0.25) is 4.79 Å². The minimum absolute atomic E-state index is 0.0697. The highest BCUT2D eigenvalue weighted by atomic mass is 32.2. The molecule has 2 aromatic rings. The van der Waals surface area contributed by atoms with Gasteiger partial charge in [0.25, 0.3) is 5.56 Å². The standard InChI is InChI=1S/C11H13N3OS3/c1-5-6(2)18-10-8(5)9(15)13-11(14-10)17-4-3-7(12)16/h3-4H2,1-2H3,(H2,12,16)(H,13,14,15). The van der Waals surface area contributed by atoms with Crippen LogP contribution in [-0.2, 0) is 0 Å². The van der Waals surface area contributed by atoms with Crippen LogP contribution in [-0.4, -0.2) is 20.7 Å². The Balaban J connectivity index is 2.32. The number of aromatic amines is 1. The van der Waals surface area contributed by atoms with E-state index in [1.165, 1.54) is 11.8 Å². The van der Waals surface area contributed by atoms with Gasteiger partial charge < -0.3 is 10.7 Å². The summed E-state index contributed by atoms with van der Waals surface area (Å²) >= 11 is 7.83. The van der Waals surface area contributed by atoms with E-state index in [0.717, 1.165) is 21.0 Å². The lowest BCUT2D eigenvalue weighted by Crippen LogP contribution is -2.10. The summed E-state index contributed by atoms with van der Waals surface area (Å²) in [4.78, 5) is 21.6. The number of thiophene rings is 1. The normalized spacial score (nSPS) is 11.0. The lowest BCUT2D eigenvalue weighted by molar-refractivity contribution is 0.978. The Morgan fingerprint density at radius 3 is 2.94 bits per heavy atom. The summed E-state index contributed by atoms with van der Waals surface area (Å²) in [5.74, 6) is 0.729. The number of nitrogens with two attached hydrogens (primary N) is 1. The van der Waals surface area contributed by atoms with Crippen molar-refractivity contribution in [3.63, 3.8) is 0 Å². The minimum Gasteiger partial charge on any atom is -0.393 e. The van der Waals surface area contributed by atoms with E-state index in [1.54, 1.807) is 11.3 Å². The van der Waals surface area contributed by atoms with Gasteiger partial charge in [0, 0.05) is 17.1 Å². The Morgan fingerprint density at radius 2 is 2.28 bits per heavy atom. The number of thioether (sulfide) groups is 1. The summed E-state index contributed by atoms with van der Waals surface area (Å²) in [7, 11) is 0. The third-order valence-corrected chi connectivity index (χ3v) is 4.78. The summed E-state index contributed by atoms with van der Waals surface area (Å²) in [5.41, 5.74) is 6.38. The van der Waals surface area contributed by atoms with Crippen LogP contribution in [0.25, 0.3) is 10.2 Å². The van der Waals surface area contributed by atoms with Gasteiger partial charge in [-0.05, 0) is 19.4 Å². The fraction of sp³-hybridized carbons (Fsp3) is 0.364. The number of fused-ring (bicyclic) bond motifs is 1. The molecular weight excluding hydrogens is 286 g/mol. The first-order valence-electron chi connectivity index (χ1n) is 5.40. The Labute approximate surface area is 118 Å². The predicted octanol–water partition coefficient (Wildman–Crippen LogP) is 2.37. The molecule has 0 aliphatic heterocycles. The van der Waals surface area contributed by atoms with Gasteiger partial charge in [0.05, 0.1) is 10.4 Å². The number of rotatable bonds is 4. The van der Waals surface area contributed by atoms with E-state index < -0.39 is 0 Å². The molecular formula is C11H13N3OS3. The summed E-state index contributed by atoms with van der Waals surface area (Å²) in [5, 5.41) is 1.33. The van der Waals surface area contributed by atoms with Crippen molar-refractivity contribution in [1.82, 2.24) is 9.97 Å². The lowest BCUT2D eigenvalue weighted by Gasteiger charge is -2.00. The van der Waals surface area contributed by atoms with E-state index in [-0.39, 0.29) is 5.56 Å². The molecule has 0 saturated carbocycles. The zero-order valence-electron chi connectivity index (χ0n) is 10.1. The van der Waals surface area contributed by atoms with E-state index >= 15 is 0 Å². The van der Waals surface area contributed by atoms with Crippen molar-refractivity contribution in [1.29, 1.82) is 0 Å². The molecule has 0 fully saturated rings. The van der Waals surface area contributed by atoms with Gasteiger partial charge >= 0.3 is 0 Å². The molecule has 0 atom stereocenters. The minimum atomic E-state index is -0.0697. The third kappa shape index (κ3) is 2.73. The molecule has 0 amide bonds. The van der Waals surface area contributed by atoms with E-state index in [9.17, 15) is 4.79 Å². The van der Waals surface area contributed by atoms with Gasteiger partial charge in [0.1, 0.15) is 4.83 Å². The maximum atomic E-state index is 12.0. The van der Waals surface area contributed by atoms with Crippen LogP contribution in [0.1, 0.15) is 16.9 Å². The van der Waals surface area contributed by atoms with Crippen molar-refractivity contribution < 1.29 is 0 Å². The molecule has 0 aliphatic rings. The number of thiocarbonyl (C=S) groups is 1. The highest BCUT2D eigenvalue weighted by molar-refractivity contribution is 7.99. The van der Waals surface area contributed by atoms with Crippen molar-refractivity contribution in [3.8, 4) is 0 Å². The molecule has 2 heterocycles. The van der Waals surface area contributed by atoms with Crippen LogP contribution in [0.15, 0.2) is 9.95 Å². The van der Waals surface area contributed by atoms with Crippen LogP contribution in [0.3, 0.4) is 0 Å². The molecule has 0 aliphatic carbocycles. The number of nitrogens with one attached hydrogen (secondary N) is 1. The smallest absolute Gasteiger partial charge is 0.260 e. The van der Waals surface area contributed by atoms with Crippen molar-refractivity contribution in [2.24, 2.45) is 5.73 Å². The molecule has 7 heteroatoms. The van der Waals surface area contributed by atoms with Crippen molar-refractivity contribution in [2.75, 3.05) is 5.75 Å². The van der Waals surface area contributed by atoms with Crippen molar-refractivity contribution in [2.45, 2.75) is 25.4 Å². The monoisotopic (exact) mass is 299 g/mol. The maximum absolute atomic E-state index is 12.0. The molecule has 0 spiro atoms. The van der Waals surface area contributed by atoms with Gasteiger partial charge in [-0.15, -0.1) is 11.3 Å². The number of hydrogen-bond acceptors (Lipinski definition) is 5. The molecule has 18 heavy (non-hydrogen) atoms. The molecule has 0 unspecified atom stereocenters. The number of nitrogens with zero attached hydrogens (tertiary/aromatic N) is 1. The zero-order chi connectivity index (χ0) is 13.3. The topological polar surface area (TPSA) is 71.8 Å². The van der Waals surface area contributed by atoms with E-state index in [0.29, 0.717) is 22.0 Å². The highest BCUT2D eigenvalue weighted by Gasteiger charge is 2.11. The predicted molar refractivity (Wildman–Crippen MR) is 81.8 cm³/mol. The molecule has 3 N–H and O–H groups in total. The summed E-state index contributed by atoms with van der Waals surface area (Å²) in [6, 6.07) is 0. The number of H-pyrrole nitrogens is 1. The van der Waals surface area contributed by atoms with Crippen molar-refractivity contribution >= 4 is 50.5 Å². The third-order valence-electron chi connectivity index (χ3n) is 2.60. The first kappa shape index (κ1) is 13.5. The van der Waals surface area contributed by atoms with E-state index in [1.807, 2.05) is 13.8 Å². The van der Waals surface area contributed by atoms with Crippen LogP contribution < -0.4 is 11.3 Å². The Kier molecular flexibility index (Phi) is 4.04. The van der Waals surface area contributed by atoms with E-state index in [4.69, 9.17) is 18.0 Å². The van der Waals surface area contributed by atoms with Gasteiger partial charge in [-0.25, -0.2) is 4.98 Å². The quantitative estimate of drug-likeness (QED) is 0.515.